The van der Waals surface area contributed by atoms with Crippen LogP contribution in [0.2, 0.25) is 0 Å². The van der Waals surface area contributed by atoms with E-state index >= 15 is 0 Å². The molecule has 1 fully saturated rings. The topological polar surface area (TPSA) is 6.48 Å². The van der Waals surface area contributed by atoms with Gasteiger partial charge in [-0.1, -0.05) is 0 Å². The van der Waals surface area contributed by atoms with E-state index in [9.17, 15) is 0 Å². The molecule has 16 heavy (non-hydrogen) atoms. The molecule has 1 aliphatic heterocycles. The third-order valence-corrected chi connectivity index (χ3v) is 4.95. The van der Waals surface area contributed by atoms with Crippen LogP contribution >= 0.6 is 27.3 Å². The van der Waals surface area contributed by atoms with Crippen LogP contribution in [0.5, 0.6) is 0 Å². The molecule has 0 aliphatic carbocycles. The summed E-state index contributed by atoms with van der Waals surface area (Å²) in [6.45, 7) is 3.57. The number of nitrogens with zero attached hydrogens (tertiary/aromatic N) is 2. The number of thiophene rings is 1. The first kappa shape index (κ1) is 12.6. The maximum Gasteiger partial charge on any atom is 0.0701 e. The van der Waals surface area contributed by atoms with Crippen LogP contribution < -0.4 is 0 Å². The zero-order valence-electron chi connectivity index (χ0n) is 9.95. The third-order valence-electron chi connectivity index (χ3n) is 3.35. The molecule has 1 aromatic rings. The summed E-state index contributed by atoms with van der Waals surface area (Å²) in [5.41, 5.74) is 0. The van der Waals surface area contributed by atoms with Crippen molar-refractivity contribution in [2.45, 2.75) is 25.4 Å². The predicted octanol–water partition coefficient (Wildman–Crippen LogP) is 3.04. The van der Waals surface area contributed by atoms with E-state index in [1.165, 1.54) is 34.6 Å². The minimum atomic E-state index is 0.761. The Morgan fingerprint density at radius 2 is 2.12 bits per heavy atom. The Morgan fingerprint density at radius 1 is 1.44 bits per heavy atom. The van der Waals surface area contributed by atoms with Crippen LogP contribution in [-0.2, 0) is 6.54 Å². The second-order valence-corrected chi connectivity index (χ2v) is 7.20. The second-order valence-electron chi connectivity index (χ2n) is 4.66. The van der Waals surface area contributed by atoms with Crippen LogP contribution in [0, 0.1) is 0 Å². The van der Waals surface area contributed by atoms with Gasteiger partial charge in [-0.05, 0) is 68.1 Å². The number of piperidine rings is 1. The third kappa shape index (κ3) is 3.29. The van der Waals surface area contributed by atoms with Gasteiger partial charge < -0.3 is 4.90 Å². The Kier molecular flexibility index (Phi) is 4.41. The summed E-state index contributed by atoms with van der Waals surface area (Å²) in [5, 5.41) is 0. The Hall–Kier alpha value is 0.1000. The molecule has 4 heteroatoms. The Balaban J connectivity index is 1.85. The lowest BCUT2D eigenvalue weighted by atomic mass is 10.0. The van der Waals surface area contributed by atoms with Crippen molar-refractivity contribution >= 4 is 27.3 Å². The molecule has 0 N–H and O–H groups in total. The molecule has 0 amide bonds. The summed E-state index contributed by atoms with van der Waals surface area (Å²) >= 11 is 5.36. The lowest BCUT2D eigenvalue weighted by Crippen LogP contribution is -2.41. The normalized spacial score (nSPS) is 19.5. The zero-order valence-corrected chi connectivity index (χ0v) is 12.4. The van der Waals surface area contributed by atoms with Crippen molar-refractivity contribution in [1.29, 1.82) is 0 Å². The molecule has 0 aromatic carbocycles. The minimum Gasteiger partial charge on any atom is -0.306 e. The lowest BCUT2D eigenvalue weighted by molar-refractivity contribution is 0.140. The molecular formula is C12H19BrN2S. The molecule has 1 aliphatic rings. The summed E-state index contributed by atoms with van der Waals surface area (Å²) < 4.78 is 1.24. The van der Waals surface area contributed by atoms with E-state index in [0.29, 0.717) is 0 Å². The molecule has 1 saturated heterocycles. The van der Waals surface area contributed by atoms with Gasteiger partial charge in [0.15, 0.2) is 0 Å². The van der Waals surface area contributed by atoms with Crippen molar-refractivity contribution < 1.29 is 0 Å². The second kappa shape index (κ2) is 5.63. The van der Waals surface area contributed by atoms with Crippen molar-refractivity contribution in [3.05, 3.63) is 20.8 Å². The molecule has 2 nitrogen and oxygen atoms in total. The summed E-state index contributed by atoms with van der Waals surface area (Å²) in [7, 11) is 4.47. The SMILES string of the molecule is CN1CCC(N(C)Cc2ccc(Br)s2)CC1. The smallest absolute Gasteiger partial charge is 0.0701 e. The van der Waals surface area contributed by atoms with Gasteiger partial charge in [-0.2, -0.15) is 0 Å². The highest BCUT2D eigenvalue weighted by Gasteiger charge is 2.20. The van der Waals surface area contributed by atoms with Gasteiger partial charge in [-0.3, -0.25) is 4.90 Å². The fourth-order valence-electron chi connectivity index (χ4n) is 2.25. The van der Waals surface area contributed by atoms with Gasteiger partial charge in [-0.15, -0.1) is 11.3 Å². The standard InChI is InChI=1S/C12H19BrN2S/c1-14-7-5-10(6-8-14)15(2)9-11-3-4-12(13)16-11/h3-4,10H,5-9H2,1-2H3. The molecule has 2 rings (SSSR count). The van der Waals surface area contributed by atoms with E-state index in [0.717, 1.165) is 12.6 Å². The average Bonchev–Trinajstić information content (AvgIpc) is 2.65. The molecule has 2 heterocycles. The first-order valence-electron chi connectivity index (χ1n) is 5.78. The van der Waals surface area contributed by atoms with Gasteiger partial charge in [0, 0.05) is 17.5 Å². The van der Waals surface area contributed by atoms with Crippen LogP contribution in [0.15, 0.2) is 15.9 Å². The molecule has 1 aromatic heterocycles. The molecule has 0 atom stereocenters. The molecule has 0 bridgehead atoms. The number of rotatable bonds is 3. The van der Waals surface area contributed by atoms with Crippen molar-refractivity contribution in [3.63, 3.8) is 0 Å². The quantitative estimate of drug-likeness (QED) is 0.847. The summed E-state index contributed by atoms with van der Waals surface area (Å²) in [6.07, 6.45) is 2.61. The largest absolute Gasteiger partial charge is 0.306 e. The lowest BCUT2D eigenvalue weighted by Gasteiger charge is -2.34. The van der Waals surface area contributed by atoms with E-state index in [1.54, 1.807) is 0 Å². The van der Waals surface area contributed by atoms with Crippen molar-refractivity contribution in [2.24, 2.45) is 0 Å². The number of likely N-dealkylation sites (tertiary alicyclic amines) is 1. The van der Waals surface area contributed by atoms with E-state index in [4.69, 9.17) is 0 Å². The van der Waals surface area contributed by atoms with Crippen molar-refractivity contribution in [3.8, 4) is 0 Å². The van der Waals surface area contributed by atoms with Crippen LogP contribution in [0.3, 0.4) is 0 Å². The summed E-state index contributed by atoms with van der Waals surface area (Å²) in [6, 6.07) is 5.12. The first-order valence-corrected chi connectivity index (χ1v) is 7.39. The molecule has 90 valence electrons. The Labute approximate surface area is 110 Å². The van der Waals surface area contributed by atoms with Gasteiger partial charge >= 0.3 is 0 Å². The average molecular weight is 303 g/mol. The van der Waals surface area contributed by atoms with Crippen LogP contribution in [-0.4, -0.2) is 43.0 Å². The molecule has 0 unspecified atom stereocenters. The molecule has 0 saturated carbocycles. The van der Waals surface area contributed by atoms with E-state index < -0.39 is 0 Å². The Morgan fingerprint density at radius 3 is 2.69 bits per heavy atom. The van der Waals surface area contributed by atoms with Crippen molar-refractivity contribution in [1.82, 2.24) is 9.80 Å². The molecule has 0 spiro atoms. The van der Waals surface area contributed by atoms with Crippen LogP contribution in [0.25, 0.3) is 0 Å². The summed E-state index contributed by atoms with van der Waals surface area (Å²) in [4.78, 5) is 6.38. The van der Waals surface area contributed by atoms with Gasteiger partial charge in [0.1, 0.15) is 0 Å². The maximum atomic E-state index is 3.52. The van der Waals surface area contributed by atoms with Gasteiger partial charge in [-0.25, -0.2) is 0 Å². The van der Waals surface area contributed by atoms with Crippen molar-refractivity contribution in [2.75, 3.05) is 27.2 Å². The van der Waals surface area contributed by atoms with Crippen LogP contribution in [0.4, 0.5) is 0 Å². The summed E-state index contributed by atoms with van der Waals surface area (Å²) in [5.74, 6) is 0. The molecule has 0 radical (unpaired) electrons. The van der Waals surface area contributed by atoms with Gasteiger partial charge in [0.25, 0.3) is 0 Å². The maximum absolute atomic E-state index is 3.52. The Bertz CT molecular complexity index is 332. The highest BCUT2D eigenvalue weighted by atomic mass is 79.9. The number of halogens is 1. The fourth-order valence-corrected chi connectivity index (χ4v) is 3.79. The first-order chi connectivity index (χ1) is 7.65. The highest BCUT2D eigenvalue weighted by molar-refractivity contribution is 9.11. The van der Waals surface area contributed by atoms with Gasteiger partial charge in [0.05, 0.1) is 3.79 Å². The van der Waals surface area contributed by atoms with Gasteiger partial charge in [0.2, 0.25) is 0 Å². The fraction of sp³-hybridized carbons (Fsp3) is 0.667. The minimum absolute atomic E-state index is 0.761. The van der Waals surface area contributed by atoms with E-state index in [-0.39, 0.29) is 0 Å². The highest BCUT2D eigenvalue weighted by Crippen LogP contribution is 2.24. The van der Waals surface area contributed by atoms with Crippen LogP contribution in [0.1, 0.15) is 17.7 Å². The zero-order chi connectivity index (χ0) is 11.5. The predicted molar refractivity (Wildman–Crippen MR) is 74.0 cm³/mol. The van der Waals surface area contributed by atoms with E-state index in [1.807, 2.05) is 11.3 Å². The number of hydrogen-bond donors (Lipinski definition) is 0. The molecular weight excluding hydrogens is 284 g/mol. The number of hydrogen-bond acceptors (Lipinski definition) is 3. The van der Waals surface area contributed by atoms with E-state index in [2.05, 4.69) is 52.0 Å². The monoisotopic (exact) mass is 302 g/mol.